The Labute approximate surface area is 106 Å². The summed E-state index contributed by atoms with van der Waals surface area (Å²) < 4.78 is 0. The highest BCUT2D eigenvalue weighted by molar-refractivity contribution is 5.45. The van der Waals surface area contributed by atoms with E-state index >= 15 is 0 Å². The van der Waals surface area contributed by atoms with Gasteiger partial charge in [0, 0.05) is 11.7 Å². The minimum atomic E-state index is 0.502. The summed E-state index contributed by atoms with van der Waals surface area (Å²) in [5.74, 6) is 0.655. The Morgan fingerprint density at radius 3 is 2.41 bits per heavy atom. The maximum atomic E-state index is 3.75. The van der Waals surface area contributed by atoms with E-state index < -0.39 is 0 Å². The molecule has 17 heavy (non-hydrogen) atoms. The van der Waals surface area contributed by atoms with Crippen LogP contribution in [-0.4, -0.2) is 6.04 Å². The highest BCUT2D eigenvalue weighted by Crippen LogP contribution is 2.21. The molecule has 0 heterocycles. The second kappa shape index (κ2) is 7.16. The van der Waals surface area contributed by atoms with Gasteiger partial charge in [-0.1, -0.05) is 32.1 Å². The Balaban J connectivity index is 2.53. The first-order chi connectivity index (χ1) is 8.17. The molecule has 2 atom stereocenters. The van der Waals surface area contributed by atoms with Gasteiger partial charge in [-0.05, 0) is 49.8 Å². The smallest absolute Gasteiger partial charge is 0.0342 e. The normalized spacial score (nSPS) is 14.1. The van der Waals surface area contributed by atoms with Gasteiger partial charge in [0.15, 0.2) is 0 Å². The molecule has 0 fully saturated rings. The van der Waals surface area contributed by atoms with Crippen molar-refractivity contribution in [2.75, 3.05) is 5.32 Å². The third kappa shape index (κ3) is 4.64. The lowest BCUT2D eigenvalue weighted by Crippen LogP contribution is -2.14. The van der Waals surface area contributed by atoms with Crippen LogP contribution in [0.25, 0.3) is 0 Å². The van der Waals surface area contributed by atoms with Crippen molar-refractivity contribution in [1.29, 1.82) is 0 Å². The van der Waals surface area contributed by atoms with Crippen molar-refractivity contribution in [3.8, 4) is 0 Å². The molecule has 94 valence electrons. The van der Waals surface area contributed by atoms with Gasteiger partial charge >= 0.3 is 0 Å². The molecule has 0 aliphatic rings. The largest absolute Gasteiger partial charge is 0.383 e. The number of nitrogens with one attached hydrogen (secondary N) is 1. The van der Waals surface area contributed by atoms with E-state index in [2.05, 4.69) is 56.9 Å². The summed E-state index contributed by atoms with van der Waals surface area (Å²) in [7, 11) is 0. The summed E-state index contributed by atoms with van der Waals surface area (Å²) in [6.45, 7) is 10.5. The minimum Gasteiger partial charge on any atom is -0.383 e. The van der Waals surface area contributed by atoms with Gasteiger partial charge in [0.1, 0.15) is 0 Å². The van der Waals surface area contributed by atoms with Crippen molar-refractivity contribution in [1.82, 2.24) is 0 Å². The molecule has 0 radical (unpaired) electrons. The molecule has 1 nitrogen and oxygen atoms in total. The summed E-state index contributed by atoms with van der Waals surface area (Å²) in [4.78, 5) is 0. The van der Waals surface area contributed by atoms with E-state index in [4.69, 9.17) is 0 Å². The Hall–Kier alpha value is -1.24. The summed E-state index contributed by atoms with van der Waals surface area (Å²) in [5, 5.41) is 3.51. The van der Waals surface area contributed by atoms with Crippen LogP contribution in [0.3, 0.4) is 0 Å². The Bertz CT molecular complexity index is 326. The Kier molecular flexibility index (Phi) is 5.82. The van der Waals surface area contributed by atoms with E-state index in [-0.39, 0.29) is 0 Å². The van der Waals surface area contributed by atoms with Crippen LogP contribution in [0.2, 0.25) is 0 Å². The van der Waals surface area contributed by atoms with Crippen LogP contribution in [0.1, 0.15) is 51.5 Å². The lowest BCUT2D eigenvalue weighted by atomic mass is 9.98. The van der Waals surface area contributed by atoms with E-state index in [1.165, 1.54) is 17.7 Å². The first kappa shape index (κ1) is 13.8. The molecule has 1 N–H and O–H groups in total. The van der Waals surface area contributed by atoms with Crippen molar-refractivity contribution in [3.05, 3.63) is 42.5 Å². The molecule has 0 saturated heterocycles. The van der Waals surface area contributed by atoms with E-state index in [1.807, 2.05) is 6.08 Å². The minimum absolute atomic E-state index is 0.502. The molecule has 1 aromatic carbocycles. The molecular formula is C16H25N. The number of benzene rings is 1. The van der Waals surface area contributed by atoms with E-state index in [9.17, 15) is 0 Å². The quantitative estimate of drug-likeness (QED) is 0.653. The van der Waals surface area contributed by atoms with Crippen LogP contribution in [0.5, 0.6) is 0 Å². The molecule has 2 unspecified atom stereocenters. The molecule has 0 amide bonds. The zero-order valence-electron chi connectivity index (χ0n) is 11.4. The van der Waals surface area contributed by atoms with Gasteiger partial charge in [-0.25, -0.2) is 0 Å². The summed E-state index contributed by atoms with van der Waals surface area (Å²) in [5.41, 5.74) is 2.64. The summed E-state index contributed by atoms with van der Waals surface area (Å²) in [6.07, 6.45) is 5.38. The van der Waals surface area contributed by atoms with E-state index in [1.54, 1.807) is 0 Å². The molecule has 0 spiro atoms. The molecule has 0 aliphatic heterocycles. The van der Waals surface area contributed by atoms with Gasteiger partial charge in [-0.15, -0.1) is 6.58 Å². The van der Waals surface area contributed by atoms with E-state index in [0.29, 0.717) is 12.0 Å². The third-order valence-corrected chi connectivity index (χ3v) is 3.31. The fourth-order valence-electron chi connectivity index (χ4n) is 1.87. The Morgan fingerprint density at radius 1 is 1.24 bits per heavy atom. The number of rotatable bonds is 7. The third-order valence-electron chi connectivity index (χ3n) is 3.31. The second-order valence-electron chi connectivity index (χ2n) is 4.84. The zero-order valence-corrected chi connectivity index (χ0v) is 11.4. The molecule has 0 saturated carbocycles. The van der Waals surface area contributed by atoms with Crippen LogP contribution < -0.4 is 5.32 Å². The van der Waals surface area contributed by atoms with Gasteiger partial charge in [-0.2, -0.15) is 0 Å². The molecule has 1 rings (SSSR count). The topological polar surface area (TPSA) is 12.0 Å². The van der Waals surface area contributed by atoms with Crippen molar-refractivity contribution < 1.29 is 0 Å². The predicted octanol–water partition coefficient (Wildman–Crippen LogP) is 4.97. The van der Waals surface area contributed by atoms with Crippen molar-refractivity contribution in [2.45, 2.75) is 52.0 Å². The van der Waals surface area contributed by atoms with Gasteiger partial charge in [-0.3, -0.25) is 0 Å². The molecule has 0 aromatic heterocycles. The number of hydrogen-bond acceptors (Lipinski definition) is 1. The van der Waals surface area contributed by atoms with Gasteiger partial charge in [0.05, 0.1) is 0 Å². The van der Waals surface area contributed by atoms with Crippen LogP contribution >= 0.6 is 0 Å². The SMILES string of the molecule is C=CCCC(C)Nc1ccc(C(C)CC)cc1. The van der Waals surface area contributed by atoms with Crippen molar-refractivity contribution >= 4 is 5.69 Å². The van der Waals surface area contributed by atoms with Gasteiger partial charge in [0.2, 0.25) is 0 Å². The maximum absolute atomic E-state index is 3.75. The summed E-state index contributed by atoms with van der Waals surface area (Å²) >= 11 is 0. The highest BCUT2D eigenvalue weighted by atomic mass is 14.9. The first-order valence-electron chi connectivity index (χ1n) is 6.64. The molecule has 0 bridgehead atoms. The lowest BCUT2D eigenvalue weighted by Gasteiger charge is -2.15. The van der Waals surface area contributed by atoms with E-state index in [0.717, 1.165) is 12.8 Å². The standard InChI is InChI=1S/C16H25N/c1-5-7-8-14(4)17-16-11-9-15(10-12-16)13(3)6-2/h5,9-14,17H,1,6-8H2,2-4H3. The lowest BCUT2D eigenvalue weighted by molar-refractivity contribution is 0.717. The predicted molar refractivity (Wildman–Crippen MR) is 77.7 cm³/mol. The summed E-state index contributed by atoms with van der Waals surface area (Å²) in [6, 6.07) is 9.34. The number of allylic oxidation sites excluding steroid dienone is 1. The van der Waals surface area contributed by atoms with Crippen molar-refractivity contribution in [3.63, 3.8) is 0 Å². The zero-order chi connectivity index (χ0) is 12.7. The Morgan fingerprint density at radius 2 is 1.88 bits per heavy atom. The van der Waals surface area contributed by atoms with Crippen LogP contribution in [0, 0.1) is 0 Å². The number of hydrogen-bond donors (Lipinski definition) is 1. The van der Waals surface area contributed by atoms with Crippen LogP contribution in [0.15, 0.2) is 36.9 Å². The average molecular weight is 231 g/mol. The first-order valence-corrected chi connectivity index (χ1v) is 6.64. The van der Waals surface area contributed by atoms with Crippen molar-refractivity contribution in [2.24, 2.45) is 0 Å². The molecule has 1 aromatic rings. The van der Waals surface area contributed by atoms with Gasteiger partial charge < -0.3 is 5.32 Å². The maximum Gasteiger partial charge on any atom is 0.0342 e. The fraction of sp³-hybridized carbons (Fsp3) is 0.500. The molecule has 1 heteroatoms. The van der Waals surface area contributed by atoms with Crippen LogP contribution in [0.4, 0.5) is 5.69 Å². The average Bonchev–Trinajstić information content (AvgIpc) is 2.36. The van der Waals surface area contributed by atoms with Crippen LogP contribution in [-0.2, 0) is 0 Å². The second-order valence-corrected chi connectivity index (χ2v) is 4.84. The van der Waals surface area contributed by atoms with Gasteiger partial charge in [0.25, 0.3) is 0 Å². The highest BCUT2D eigenvalue weighted by Gasteiger charge is 2.04. The monoisotopic (exact) mass is 231 g/mol. The fourth-order valence-corrected chi connectivity index (χ4v) is 1.87. The molecular weight excluding hydrogens is 206 g/mol. The molecule has 0 aliphatic carbocycles. The number of anilines is 1.